The number of rotatable bonds is 5. The maximum atomic E-state index is 13.2. The number of nitrogens with zero attached hydrogens (tertiary/aromatic N) is 3. The highest BCUT2D eigenvalue weighted by Crippen LogP contribution is 2.35. The van der Waals surface area contributed by atoms with Crippen molar-refractivity contribution in [1.82, 2.24) is 14.9 Å². The molecule has 2 heterocycles. The SMILES string of the molecule is COc1ccccc1-c1nccnc1[C@@H]1CCCN(Cc2ccc(F)cc2)C1. The molecule has 1 aromatic heterocycles. The first-order chi connectivity index (χ1) is 13.7. The Kier molecular flexibility index (Phi) is 5.63. The molecular weight excluding hydrogens is 353 g/mol. The zero-order valence-corrected chi connectivity index (χ0v) is 16.0. The Bertz CT molecular complexity index is 929. The van der Waals surface area contributed by atoms with Crippen LogP contribution in [0.2, 0.25) is 0 Å². The molecule has 1 aliphatic rings. The van der Waals surface area contributed by atoms with Crippen molar-refractivity contribution < 1.29 is 9.13 Å². The first-order valence-corrected chi connectivity index (χ1v) is 9.65. The Morgan fingerprint density at radius 1 is 1.07 bits per heavy atom. The summed E-state index contributed by atoms with van der Waals surface area (Å²) < 4.78 is 18.7. The van der Waals surface area contributed by atoms with Gasteiger partial charge in [0.2, 0.25) is 0 Å². The van der Waals surface area contributed by atoms with Gasteiger partial charge in [-0.2, -0.15) is 0 Å². The van der Waals surface area contributed by atoms with Crippen LogP contribution in [0.3, 0.4) is 0 Å². The van der Waals surface area contributed by atoms with Crippen molar-refractivity contribution in [1.29, 1.82) is 0 Å². The number of hydrogen-bond donors (Lipinski definition) is 0. The van der Waals surface area contributed by atoms with Crippen LogP contribution in [0, 0.1) is 5.82 Å². The average molecular weight is 377 g/mol. The van der Waals surface area contributed by atoms with E-state index in [9.17, 15) is 4.39 Å². The van der Waals surface area contributed by atoms with Crippen LogP contribution in [0.1, 0.15) is 30.0 Å². The van der Waals surface area contributed by atoms with Crippen LogP contribution in [-0.2, 0) is 6.54 Å². The smallest absolute Gasteiger partial charge is 0.128 e. The van der Waals surface area contributed by atoms with Gasteiger partial charge < -0.3 is 4.74 Å². The topological polar surface area (TPSA) is 38.3 Å². The third kappa shape index (κ3) is 4.04. The molecule has 5 heteroatoms. The number of piperidine rings is 1. The summed E-state index contributed by atoms with van der Waals surface area (Å²) in [6, 6.07) is 14.7. The Morgan fingerprint density at radius 2 is 1.86 bits per heavy atom. The molecule has 0 amide bonds. The minimum absolute atomic E-state index is 0.193. The van der Waals surface area contributed by atoms with Crippen molar-refractivity contribution in [2.75, 3.05) is 20.2 Å². The molecule has 2 aromatic carbocycles. The van der Waals surface area contributed by atoms with Gasteiger partial charge in [0, 0.05) is 37.0 Å². The molecule has 144 valence electrons. The maximum Gasteiger partial charge on any atom is 0.128 e. The Labute approximate surface area is 165 Å². The van der Waals surface area contributed by atoms with Crippen LogP contribution < -0.4 is 4.74 Å². The molecular formula is C23H24FN3O. The number of para-hydroxylation sites is 1. The Morgan fingerprint density at radius 3 is 2.68 bits per heavy atom. The molecule has 0 aliphatic carbocycles. The molecule has 28 heavy (non-hydrogen) atoms. The van der Waals surface area contributed by atoms with Gasteiger partial charge in [-0.25, -0.2) is 4.39 Å². The molecule has 3 aromatic rings. The minimum Gasteiger partial charge on any atom is -0.496 e. The second-order valence-electron chi connectivity index (χ2n) is 7.19. The van der Waals surface area contributed by atoms with Gasteiger partial charge in [-0.05, 0) is 49.2 Å². The van der Waals surface area contributed by atoms with E-state index in [0.717, 1.165) is 60.7 Å². The predicted molar refractivity (Wildman–Crippen MR) is 108 cm³/mol. The third-order valence-electron chi connectivity index (χ3n) is 5.30. The highest BCUT2D eigenvalue weighted by atomic mass is 19.1. The van der Waals surface area contributed by atoms with Crippen LogP contribution >= 0.6 is 0 Å². The number of halogens is 1. The van der Waals surface area contributed by atoms with E-state index in [1.807, 2.05) is 36.4 Å². The van der Waals surface area contributed by atoms with E-state index < -0.39 is 0 Å². The van der Waals surface area contributed by atoms with Crippen molar-refractivity contribution in [3.8, 4) is 17.0 Å². The fraction of sp³-hybridized carbons (Fsp3) is 0.304. The van der Waals surface area contributed by atoms with Gasteiger partial charge in [-0.15, -0.1) is 0 Å². The minimum atomic E-state index is -0.193. The van der Waals surface area contributed by atoms with E-state index in [-0.39, 0.29) is 5.82 Å². The second kappa shape index (κ2) is 8.48. The predicted octanol–water partition coefficient (Wildman–Crippen LogP) is 4.67. The second-order valence-corrected chi connectivity index (χ2v) is 7.19. The van der Waals surface area contributed by atoms with E-state index >= 15 is 0 Å². The first kappa shape index (κ1) is 18.6. The Balaban J connectivity index is 1.58. The zero-order chi connectivity index (χ0) is 19.3. The molecule has 0 saturated carbocycles. The van der Waals surface area contributed by atoms with Gasteiger partial charge in [0.25, 0.3) is 0 Å². The highest BCUT2D eigenvalue weighted by Gasteiger charge is 2.26. The van der Waals surface area contributed by atoms with Gasteiger partial charge in [0.1, 0.15) is 11.6 Å². The lowest BCUT2D eigenvalue weighted by molar-refractivity contribution is 0.198. The summed E-state index contributed by atoms with van der Waals surface area (Å²) >= 11 is 0. The lowest BCUT2D eigenvalue weighted by Crippen LogP contribution is -2.34. The molecule has 4 rings (SSSR count). The molecule has 0 radical (unpaired) electrons. The van der Waals surface area contributed by atoms with Crippen molar-refractivity contribution in [2.45, 2.75) is 25.3 Å². The highest BCUT2D eigenvalue weighted by molar-refractivity contribution is 5.69. The molecule has 4 nitrogen and oxygen atoms in total. The van der Waals surface area contributed by atoms with E-state index in [1.54, 1.807) is 19.5 Å². The van der Waals surface area contributed by atoms with Crippen molar-refractivity contribution in [3.63, 3.8) is 0 Å². The monoisotopic (exact) mass is 377 g/mol. The quantitative estimate of drug-likeness (QED) is 0.648. The normalized spacial score (nSPS) is 17.4. The lowest BCUT2D eigenvalue weighted by atomic mass is 9.91. The van der Waals surface area contributed by atoms with E-state index in [0.29, 0.717) is 5.92 Å². The molecule has 1 aliphatic heterocycles. The third-order valence-corrected chi connectivity index (χ3v) is 5.30. The van der Waals surface area contributed by atoms with Crippen molar-refractivity contribution in [2.24, 2.45) is 0 Å². The standard InChI is InChI=1S/C23H24FN3O/c1-28-21-7-3-2-6-20(21)23-22(25-12-13-26-23)18-5-4-14-27(16-18)15-17-8-10-19(24)11-9-17/h2-3,6-13,18H,4-5,14-16H2,1H3/t18-/m1/s1. The van der Waals surface area contributed by atoms with Gasteiger partial charge in [-0.3, -0.25) is 14.9 Å². The fourth-order valence-corrected chi connectivity index (χ4v) is 3.97. The molecule has 1 fully saturated rings. The summed E-state index contributed by atoms with van der Waals surface area (Å²) in [5, 5.41) is 0. The molecule has 0 N–H and O–H groups in total. The van der Waals surface area contributed by atoms with E-state index in [1.165, 1.54) is 12.1 Å². The van der Waals surface area contributed by atoms with Crippen molar-refractivity contribution in [3.05, 3.63) is 78.0 Å². The summed E-state index contributed by atoms with van der Waals surface area (Å²) in [5.74, 6) is 0.923. The first-order valence-electron chi connectivity index (χ1n) is 9.65. The van der Waals surface area contributed by atoms with Gasteiger partial charge >= 0.3 is 0 Å². The van der Waals surface area contributed by atoms with Gasteiger partial charge in [0.15, 0.2) is 0 Å². The average Bonchev–Trinajstić information content (AvgIpc) is 2.75. The summed E-state index contributed by atoms with van der Waals surface area (Å²) in [6.45, 7) is 2.78. The van der Waals surface area contributed by atoms with Crippen LogP contribution in [-0.4, -0.2) is 35.1 Å². The number of ether oxygens (including phenoxy) is 1. The molecule has 0 spiro atoms. The van der Waals surface area contributed by atoms with Crippen LogP contribution in [0.15, 0.2) is 60.9 Å². The van der Waals surface area contributed by atoms with Gasteiger partial charge in [0.05, 0.1) is 18.5 Å². The number of likely N-dealkylation sites (tertiary alicyclic amines) is 1. The molecule has 1 saturated heterocycles. The fourth-order valence-electron chi connectivity index (χ4n) is 3.97. The van der Waals surface area contributed by atoms with E-state index in [4.69, 9.17) is 9.72 Å². The van der Waals surface area contributed by atoms with Gasteiger partial charge in [-0.1, -0.05) is 24.3 Å². The number of aromatic nitrogens is 2. The molecule has 1 atom stereocenters. The Hall–Kier alpha value is -2.79. The molecule has 0 unspecified atom stereocenters. The van der Waals surface area contributed by atoms with Crippen LogP contribution in [0.4, 0.5) is 4.39 Å². The number of methoxy groups -OCH3 is 1. The number of hydrogen-bond acceptors (Lipinski definition) is 4. The summed E-state index contributed by atoms with van der Waals surface area (Å²) in [6.07, 6.45) is 5.70. The van der Waals surface area contributed by atoms with E-state index in [2.05, 4.69) is 9.88 Å². The zero-order valence-electron chi connectivity index (χ0n) is 16.0. The summed E-state index contributed by atoms with van der Waals surface area (Å²) in [4.78, 5) is 11.8. The summed E-state index contributed by atoms with van der Waals surface area (Å²) in [5.41, 5.74) is 4.03. The maximum absolute atomic E-state index is 13.2. The van der Waals surface area contributed by atoms with Crippen molar-refractivity contribution >= 4 is 0 Å². The van der Waals surface area contributed by atoms with Crippen LogP contribution in [0.5, 0.6) is 5.75 Å². The lowest BCUT2D eigenvalue weighted by Gasteiger charge is -2.33. The van der Waals surface area contributed by atoms with Crippen LogP contribution in [0.25, 0.3) is 11.3 Å². The summed E-state index contributed by atoms with van der Waals surface area (Å²) in [7, 11) is 1.68. The number of benzene rings is 2. The molecule has 0 bridgehead atoms. The largest absolute Gasteiger partial charge is 0.496 e.